The molecule has 1 aliphatic carbocycles. The van der Waals surface area contributed by atoms with Gasteiger partial charge in [-0.25, -0.2) is 0 Å². The van der Waals surface area contributed by atoms with E-state index in [-0.39, 0.29) is 29.1 Å². The van der Waals surface area contributed by atoms with Crippen LogP contribution in [0.25, 0.3) is 0 Å². The molecule has 29 heavy (non-hydrogen) atoms. The Morgan fingerprint density at radius 1 is 1.24 bits per heavy atom. The van der Waals surface area contributed by atoms with Crippen LogP contribution in [-0.2, 0) is 14.9 Å². The third-order valence-electron chi connectivity index (χ3n) is 7.80. The fourth-order valence-corrected chi connectivity index (χ4v) is 6.61. The van der Waals surface area contributed by atoms with E-state index in [1.54, 1.807) is 0 Å². The number of nitrogens with one attached hydrogen (secondary N) is 1. The van der Waals surface area contributed by atoms with Crippen LogP contribution >= 0.6 is 0 Å². The molecule has 1 spiro atoms. The molecule has 3 fully saturated rings. The Labute approximate surface area is 173 Å². The summed E-state index contributed by atoms with van der Waals surface area (Å²) in [5.74, 6) is 0.551. The number of amidine groups is 1. The van der Waals surface area contributed by atoms with Gasteiger partial charge in [0.05, 0.1) is 18.8 Å². The van der Waals surface area contributed by atoms with Crippen LogP contribution in [-0.4, -0.2) is 41.6 Å². The molecule has 5 rings (SSSR count). The summed E-state index contributed by atoms with van der Waals surface area (Å²) in [6, 6.07) is 8.27. The summed E-state index contributed by atoms with van der Waals surface area (Å²) < 4.78 is 5.29. The predicted octanol–water partition coefficient (Wildman–Crippen LogP) is 4.37. The second kappa shape index (κ2) is 6.43. The summed E-state index contributed by atoms with van der Waals surface area (Å²) in [6.07, 6.45) is 9.39. The highest BCUT2D eigenvalue weighted by Gasteiger charge is 2.72. The number of benzene rings is 1. The number of esters is 1. The Balaban J connectivity index is 1.73. The van der Waals surface area contributed by atoms with Crippen LogP contribution in [0.3, 0.4) is 0 Å². The van der Waals surface area contributed by atoms with Crippen LogP contribution in [0.15, 0.2) is 35.9 Å². The Bertz CT molecular complexity index is 897. The third-order valence-corrected chi connectivity index (χ3v) is 7.80. The minimum Gasteiger partial charge on any atom is -0.468 e. The van der Waals surface area contributed by atoms with Gasteiger partial charge in [-0.3, -0.25) is 15.1 Å². The number of hydrogen-bond donors (Lipinski definition) is 1. The number of para-hydroxylation sites is 1. The van der Waals surface area contributed by atoms with Crippen molar-refractivity contribution in [1.82, 2.24) is 4.90 Å². The van der Waals surface area contributed by atoms with Crippen molar-refractivity contribution in [3.63, 3.8) is 0 Å². The molecule has 1 saturated carbocycles. The van der Waals surface area contributed by atoms with Crippen molar-refractivity contribution in [3.05, 3.63) is 41.5 Å². The van der Waals surface area contributed by atoms with E-state index >= 15 is 0 Å². The number of methoxy groups -OCH3 is 1. The van der Waals surface area contributed by atoms with Crippen molar-refractivity contribution in [2.24, 2.45) is 0 Å². The zero-order valence-electron chi connectivity index (χ0n) is 17.7. The lowest BCUT2D eigenvalue weighted by Gasteiger charge is -2.42. The Hall–Kier alpha value is -2.14. The molecular formula is C24H31N3O2. The van der Waals surface area contributed by atoms with Gasteiger partial charge in [0.25, 0.3) is 0 Å². The van der Waals surface area contributed by atoms with E-state index in [1.165, 1.54) is 30.4 Å². The molecule has 1 aromatic carbocycles. The Kier molecular flexibility index (Phi) is 4.18. The number of nitrogens with zero attached hydrogens (tertiary/aromatic N) is 2. The smallest absolute Gasteiger partial charge is 0.323 e. The molecule has 4 aliphatic rings. The molecule has 3 aliphatic heterocycles. The average molecular weight is 394 g/mol. The van der Waals surface area contributed by atoms with Gasteiger partial charge in [0.15, 0.2) is 0 Å². The normalized spacial score (nSPS) is 31.7. The van der Waals surface area contributed by atoms with Crippen molar-refractivity contribution >= 4 is 17.5 Å². The number of carbonyl (C=O) groups is 1. The van der Waals surface area contributed by atoms with Gasteiger partial charge in [0.2, 0.25) is 0 Å². The second-order valence-corrected chi connectivity index (χ2v) is 9.49. The fraction of sp³-hybridized carbons (Fsp3) is 0.583. The van der Waals surface area contributed by atoms with E-state index in [0.717, 1.165) is 38.5 Å². The zero-order chi connectivity index (χ0) is 20.4. The largest absolute Gasteiger partial charge is 0.468 e. The van der Waals surface area contributed by atoms with Crippen molar-refractivity contribution in [2.45, 2.75) is 82.0 Å². The number of rotatable bonds is 3. The maximum absolute atomic E-state index is 13.0. The van der Waals surface area contributed by atoms with Crippen molar-refractivity contribution in [1.29, 1.82) is 5.41 Å². The minimum absolute atomic E-state index is 0.0326. The Morgan fingerprint density at radius 2 is 1.97 bits per heavy atom. The number of allylic oxidation sites excluding steroid dienone is 2. The fourth-order valence-electron chi connectivity index (χ4n) is 6.61. The SMILES string of the molecule is COC(=O)[C@@H]1C[C@@]2(CC=C(C)C)c3ccccc3N3C(=N)C4(CCCCC4)N1[C@H]32. The summed E-state index contributed by atoms with van der Waals surface area (Å²) in [4.78, 5) is 17.7. The highest BCUT2D eigenvalue weighted by molar-refractivity contribution is 6.08. The lowest BCUT2D eigenvalue weighted by Crippen LogP contribution is -2.56. The number of hydrogen-bond acceptors (Lipinski definition) is 4. The topological polar surface area (TPSA) is 56.6 Å². The maximum Gasteiger partial charge on any atom is 0.323 e. The Morgan fingerprint density at radius 3 is 2.66 bits per heavy atom. The van der Waals surface area contributed by atoms with Crippen LogP contribution in [0.2, 0.25) is 0 Å². The summed E-state index contributed by atoms with van der Waals surface area (Å²) in [6.45, 7) is 4.28. The van der Waals surface area contributed by atoms with Gasteiger partial charge in [0, 0.05) is 11.1 Å². The number of ether oxygens (including phenoxy) is 1. The molecule has 0 bridgehead atoms. The number of fused-ring (bicyclic) bond motifs is 4. The van der Waals surface area contributed by atoms with Gasteiger partial charge in [0.1, 0.15) is 11.9 Å². The van der Waals surface area contributed by atoms with Gasteiger partial charge in [-0.05, 0) is 51.2 Å². The van der Waals surface area contributed by atoms with Gasteiger partial charge >= 0.3 is 5.97 Å². The zero-order valence-corrected chi connectivity index (χ0v) is 17.7. The molecule has 154 valence electrons. The molecule has 0 amide bonds. The highest BCUT2D eigenvalue weighted by atomic mass is 16.5. The van der Waals surface area contributed by atoms with Crippen molar-refractivity contribution < 1.29 is 9.53 Å². The van der Waals surface area contributed by atoms with Gasteiger partial charge < -0.3 is 9.64 Å². The first-order chi connectivity index (χ1) is 14.0. The molecular weight excluding hydrogens is 362 g/mol. The standard InChI is InChI=1S/C24H31N3O2/c1-16(2)11-14-23-15-19(20(28)29-3)27-22(23)26(18-10-6-5-9-17(18)23)21(25)24(27)12-7-4-8-13-24/h5-6,9-11,19,22,25H,4,7-8,12-15H2,1-3H3/t19-,22-,23-/m0/s1. The van der Waals surface area contributed by atoms with Gasteiger partial charge in [-0.1, -0.05) is 49.1 Å². The average Bonchev–Trinajstić information content (AvgIpc) is 3.30. The maximum atomic E-state index is 13.0. The molecule has 1 aromatic rings. The minimum atomic E-state index is -0.331. The van der Waals surface area contributed by atoms with E-state index < -0.39 is 0 Å². The third kappa shape index (κ3) is 2.31. The summed E-state index contributed by atoms with van der Waals surface area (Å²) in [5.41, 5.74) is 3.24. The molecule has 0 aromatic heterocycles. The summed E-state index contributed by atoms with van der Waals surface area (Å²) in [5, 5.41) is 9.31. The molecule has 3 atom stereocenters. The van der Waals surface area contributed by atoms with Gasteiger partial charge in [-0.2, -0.15) is 0 Å². The number of carbonyl (C=O) groups excluding carboxylic acids is 1. The van der Waals surface area contributed by atoms with E-state index in [9.17, 15) is 10.2 Å². The molecule has 2 saturated heterocycles. The molecule has 0 radical (unpaired) electrons. The lowest BCUT2D eigenvalue weighted by atomic mass is 9.75. The summed E-state index contributed by atoms with van der Waals surface area (Å²) >= 11 is 0. The molecule has 5 heteroatoms. The first kappa shape index (κ1) is 18.9. The van der Waals surface area contributed by atoms with E-state index in [4.69, 9.17) is 4.74 Å². The monoisotopic (exact) mass is 393 g/mol. The number of anilines is 1. The van der Waals surface area contributed by atoms with Crippen molar-refractivity contribution in [3.8, 4) is 0 Å². The molecule has 3 heterocycles. The van der Waals surface area contributed by atoms with Crippen LogP contribution in [0, 0.1) is 5.41 Å². The van der Waals surface area contributed by atoms with Crippen molar-refractivity contribution in [2.75, 3.05) is 12.0 Å². The predicted molar refractivity (Wildman–Crippen MR) is 114 cm³/mol. The van der Waals surface area contributed by atoms with Crippen LogP contribution < -0.4 is 4.90 Å². The van der Waals surface area contributed by atoms with Gasteiger partial charge in [-0.15, -0.1) is 0 Å². The lowest BCUT2D eigenvalue weighted by molar-refractivity contribution is -0.148. The van der Waals surface area contributed by atoms with E-state index in [1.807, 2.05) is 0 Å². The first-order valence-electron chi connectivity index (χ1n) is 10.9. The van der Waals surface area contributed by atoms with Crippen LogP contribution in [0.1, 0.15) is 64.4 Å². The van der Waals surface area contributed by atoms with Crippen LogP contribution in [0.5, 0.6) is 0 Å². The molecule has 1 N–H and O–H groups in total. The molecule has 0 unspecified atom stereocenters. The molecule has 5 nitrogen and oxygen atoms in total. The highest BCUT2D eigenvalue weighted by Crippen LogP contribution is 2.63. The first-order valence-corrected chi connectivity index (χ1v) is 10.9. The summed E-state index contributed by atoms with van der Waals surface area (Å²) in [7, 11) is 1.50. The second-order valence-electron chi connectivity index (χ2n) is 9.49. The quantitative estimate of drug-likeness (QED) is 0.612. The van der Waals surface area contributed by atoms with E-state index in [0.29, 0.717) is 5.84 Å². The van der Waals surface area contributed by atoms with Crippen LogP contribution in [0.4, 0.5) is 5.69 Å². The van der Waals surface area contributed by atoms with E-state index in [2.05, 4.69) is 54.0 Å².